The number of methoxy groups -OCH3 is 1. The number of fused-ring (bicyclic) bond motifs is 3. The van der Waals surface area contributed by atoms with Crippen LogP contribution in [0, 0.1) is 5.92 Å². The molecule has 2 atom stereocenters. The second-order valence-electron chi connectivity index (χ2n) is 6.93. The first kappa shape index (κ1) is 17.5. The zero-order valence-electron chi connectivity index (χ0n) is 14.9. The van der Waals surface area contributed by atoms with Crippen molar-refractivity contribution in [1.82, 2.24) is 5.01 Å². The van der Waals surface area contributed by atoms with Gasteiger partial charge in [-0.1, -0.05) is 37.0 Å². The Labute approximate surface area is 163 Å². The molecule has 0 fully saturated rings. The smallest absolute Gasteiger partial charge is 0.190 e. The molecule has 6 heteroatoms. The lowest BCUT2D eigenvalue weighted by Gasteiger charge is -2.40. The molecule has 0 bridgehead atoms. The van der Waals surface area contributed by atoms with Gasteiger partial charge in [0.1, 0.15) is 11.5 Å². The Morgan fingerprint density at radius 2 is 1.92 bits per heavy atom. The molecule has 2 aliphatic rings. The van der Waals surface area contributed by atoms with Gasteiger partial charge in [0.25, 0.3) is 0 Å². The van der Waals surface area contributed by atoms with Crippen molar-refractivity contribution in [2.24, 2.45) is 11.0 Å². The minimum absolute atomic E-state index is 0.0689. The number of nitrogens with zero attached hydrogens (tertiary/aromatic N) is 2. The fourth-order valence-electron chi connectivity index (χ4n) is 3.54. The van der Waals surface area contributed by atoms with Gasteiger partial charge in [0, 0.05) is 22.9 Å². The minimum Gasteiger partial charge on any atom is -0.497 e. The molecule has 0 saturated carbocycles. The molecule has 2 unspecified atom stereocenters. The van der Waals surface area contributed by atoms with E-state index in [2.05, 4.69) is 18.9 Å². The third-order valence-corrected chi connectivity index (χ3v) is 5.33. The van der Waals surface area contributed by atoms with E-state index < -0.39 is 0 Å². The standard InChI is InChI=1S/C20H20Cl2N2O2/c1-11(2)20-24-18(15-8-13(21)9-16(22)19(15)26-20)10-17(23-24)12-4-6-14(25-3)7-5-12/h4-9,11,18,20H,10H2,1-3H3. The maximum atomic E-state index is 6.42. The van der Waals surface area contributed by atoms with Gasteiger partial charge in [-0.15, -0.1) is 0 Å². The molecular weight excluding hydrogens is 371 g/mol. The summed E-state index contributed by atoms with van der Waals surface area (Å²) in [6.45, 7) is 4.24. The highest BCUT2D eigenvalue weighted by Crippen LogP contribution is 2.48. The number of benzene rings is 2. The molecule has 0 amide bonds. The van der Waals surface area contributed by atoms with Crippen molar-refractivity contribution >= 4 is 28.9 Å². The van der Waals surface area contributed by atoms with Crippen LogP contribution >= 0.6 is 23.2 Å². The monoisotopic (exact) mass is 390 g/mol. The van der Waals surface area contributed by atoms with Crippen LogP contribution in [0.25, 0.3) is 0 Å². The van der Waals surface area contributed by atoms with E-state index in [1.165, 1.54) is 0 Å². The summed E-state index contributed by atoms with van der Waals surface area (Å²) in [7, 11) is 1.66. The maximum absolute atomic E-state index is 6.42. The van der Waals surface area contributed by atoms with Crippen LogP contribution < -0.4 is 9.47 Å². The van der Waals surface area contributed by atoms with Gasteiger partial charge in [-0.25, -0.2) is 5.01 Å². The summed E-state index contributed by atoms with van der Waals surface area (Å²) >= 11 is 12.7. The lowest BCUT2D eigenvalue weighted by molar-refractivity contribution is -0.0460. The van der Waals surface area contributed by atoms with E-state index in [9.17, 15) is 0 Å². The SMILES string of the molecule is COc1ccc(C2=NN3C(C2)c2cc(Cl)cc(Cl)c2OC3C(C)C)cc1. The van der Waals surface area contributed by atoms with Gasteiger partial charge < -0.3 is 9.47 Å². The average Bonchev–Trinajstić information content (AvgIpc) is 3.06. The topological polar surface area (TPSA) is 34.1 Å². The molecule has 26 heavy (non-hydrogen) atoms. The van der Waals surface area contributed by atoms with E-state index in [0.717, 1.165) is 34.8 Å². The predicted octanol–water partition coefficient (Wildman–Crippen LogP) is 5.53. The second-order valence-corrected chi connectivity index (χ2v) is 7.78. The number of ether oxygens (including phenoxy) is 2. The number of hydrazone groups is 1. The van der Waals surface area contributed by atoms with Crippen LogP contribution in [-0.2, 0) is 0 Å². The minimum atomic E-state index is -0.165. The van der Waals surface area contributed by atoms with Crippen molar-refractivity contribution < 1.29 is 9.47 Å². The van der Waals surface area contributed by atoms with Crippen LogP contribution in [0.15, 0.2) is 41.5 Å². The zero-order valence-corrected chi connectivity index (χ0v) is 16.4. The van der Waals surface area contributed by atoms with Crippen LogP contribution in [-0.4, -0.2) is 24.1 Å². The van der Waals surface area contributed by atoms with E-state index in [1.54, 1.807) is 13.2 Å². The van der Waals surface area contributed by atoms with Crippen molar-refractivity contribution in [3.63, 3.8) is 0 Å². The maximum Gasteiger partial charge on any atom is 0.190 e. The van der Waals surface area contributed by atoms with Gasteiger partial charge in [-0.05, 0) is 42.0 Å². The Morgan fingerprint density at radius 1 is 1.19 bits per heavy atom. The summed E-state index contributed by atoms with van der Waals surface area (Å²) in [6.07, 6.45) is 0.615. The van der Waals surface area contributed by atoms with Crippen molar-refractivity contribution in [3.8, 4) is 11.5 Å². The molecule has 0 saturated heterocycles. The van der Waals surface area contributed by atoms with E-state index in [-0.39, 0.29) is 18.2 Å². The molecule has 0 spiro atoms. The summed E-state index contributed by atoms with van der Waals surface area (Å²) in [5.74, 6) is 1.82. The second kappa shape index (κ2) is 6.67. The molecule has 4 nitrogen and oxygen atoms in total. The quantitative estimate of drug-likeness (QED) is 0.690. The molecular formula is C20H20Cl2N2O2. The summed E-state index contributed by atoms with van der Waals surface area (Å²) < 4.78 is 11.5. The average molecular weight is 391 g/mol. The van der Waals surface area contributed by atoms with Gasteiger partial charge in [0.05, 0.1) is 23.9 Å². The molecule has 2 heterocycles. The highest BCUT2D eigenvalue weighted by Gasteiger charge is 2.42. The largest absolute Gasteiger partial charge is 0.497 e. The molecule has 0 aliphatic carbocycles. The van der Waals surface area contributed by atoms with Crippen molar-refractivity contribution in [2.45, 2.75) is 32.5 Å². The molecule has 0 aromatic heterocycles. The highest BCUT2D eigenvalue weighted by atomic mass is 35.5. The lowest BCUT2D eigenvalue weighted by Crippen LogP contribution is -2.43. The van der Waals surface area contributed by atoms with Crippen molar-refractivity contribution in [2.75, 3.05) is 7.11 Å². The van der Waals surface area contributed by atoms with E-state index in [1.807, 2.05) is 30.3 Å². The van der Waals surface area contributed by atoms with Crippen LogP contribution in [0.2, 0.25) is 10.0 Å². The Morgan fingerprint density at radius 3 is 2.58 bits per heavy atom. The fraction of sp³-hybridized carbons (Fsp3) is 0.350. The van der Waals surface area contributed by atoms with Crippen LogP contribution in [0.3, 0.4) is 0 Å². The van der Waals surface area contributed by atoms with E-state index in [4.69, 9.17) is 37.8 Å². The van der Waals surface area contributed by atoms with E-state index in [0.29, 0.717) is 10.0 Å². The van der Waals surface area contributed by atoms with Gasteiger partial charge >= 0.3 is 0 Å². The summed E-state index contributed by atoms with van der Waals surface area (Å²) in [4.78, 5) is 0. The predicted molar refractivity (Wildman–Crippen MR) is 104 cm³/mol. The molecule has 2 aromatic carbocycles. The Hall–Kier alpha value is -1.91. The fourth-order valence-corrected chi connectivity index (χ4v) is 4.09. The molecule has 4 rings (SSSR count). The van der Waals surface area contributed by atoms with Crippen molar-refractivity contribution in [3.05, 3.63) is 57.6 Å². The molecule has 136 valence electrons. The number of halogens is 2. The summed E-state index contributed by atoms with van der Waals surface area (Å²) in [5, 5.41) is 8.11. The Kier molecular flexibility index (Phi) is 4.49. The van der Waals surface area contributed by atoms with Crippen molar-refractivity contribution in [1.29, 1.82) is 0 Å². The zero-order chi connectivity index (χ0) is 18.4. The van der Waals surface area contributed by atoms with E-state index >= 15 is 0 Å². The van der Waals surface area contributed by atoms with Gasteiger partial charge in [-0.3, -0.25) is 0 Å². The Bertz CT molecular complexity index is 865. The lowest BCUT2D eigenvalue weighted by atomic mass is 9.95. The van der Waals surface area contributed by atoms with Crippen LogP contribution in [0.4, 0.5) is 0 Å². The van der Waals surface area contributed by atoms with Crippen LogP contribution in [0.1, 0.15) is 37.4 Å². The first-order valence-corrected chi connectivity index (χ1v) is 9.39. The van der Waals surface area contributed by atoms with Gasteiger partial charge in [0.15, 0.2) is 6.23 Å². The first-order valence-electron chi connectivity index (χ1n) is 8.63. The highest BCUT2D eigenvalue weighted by molar-refractivity contribution is 6.35. The summed E-state index contributed by atoms with van der Waals surface area (Å²) in [5.41, 5.74) is 3.10. The molecule has 0 radical (unpaired) electrons. The molecule has 2 aliphatic heterocycles. The normalized spacial score (nSPS) is 21.2. The number of hydrogen-bond acceptors (Lipinski definition) is 4. The first-order chi connectivity index (χ1) is 12.5. The van der Waals surface area contributed by atoms with Crippen LogP contribution in [0.5, 0.6) is 11.5 Å². The molecule has 2 aromatic rings. The Balaban J connectivity index is 1.75. The number of hydrogen-bond donors (Lipinski definition) is 0. The number of rotatable bonds is 3. The summed E-state index contributed by atoms with van der Waals surface area (Å²) in [6, 6.07) is 11.7. The van der Waals surface area contributed by atoms with Gasteiger partial charge in [0.2, 0.25) is 0 Å². The third-order valence-electron chi connectivity index (χ3n) is 4.83. The van der Waals surface area contributed by atoms with Gasteiger partial charge in [-0.2, -0.15) is 5.10 Å². The molecule has 0 N–H and O–H groups in total. The third kappa shape index (κ3) is 2.91.